The predicted octanol–water partition coefficient (Wildman–Crippen LogP) is 3.30. The zero-order valence-electron chi connectivity index (χ0n) is 12.8. The van der Waals surface area contributed by atoms with E-state index in [-0.39, 0.29) is 18.6 Å². The number of para-hydroxylation sites is 1. The zero-order valence-corrected chi connectivity index (χ0v) is 12.8. The van der Waals surface area contributed by atoms with Crippen LogP contribution in [0.25, 0.3) is 0 Å². The first-order valence-electron chi connectivity index (χ1n) is 7.76. The molecule has 1 aliphatic heterocycles. The minimum Gasteiger partial charge on any atom is -0.482 e. The lowest BCUT2D eigenvalue weighted by molar-refractivity contribution is -0.134. The van der Waals surface area contributed by atoms with E-state index in [1.54, 1.807) is 24.3 Å². The summed E-state index contributed by atoms with van der Waals surface area (Å²) in [6.07, 6.45) is 1.98. The molecule has 23 heavy (non-hydrogen) atoms. The summed E-state index contributed by atoms with van der Waals surface area (Å²) >= 11 is 0. The maximum Gasteiger partial charge on any atom is 0.261 e. The van der Waals surface area contributed by atoms with Crippen molar-refractivity contribution in [3.05, 3.63) is 65.7 Å². The van der Waals surface area contributed by atoms with E-state index in [4.69, 9.17) is 10.00 Å². The molecule has 1 atom stereocenters. The molecule has 0 radical (unpaired) electrons. The van der Waals surface area contributed by atoms with Gasteiger partial charge in [0.25, 0.3) is 5.91 Å². The average Bonchev–Trinajstić information content (AvgIpc) is 3.10. The number of nitriles is 1. The third-order valence-corrected chi connectivity index (χ3v) is 4.12. The third kappa shape index (κ3) is 3.35. The average molecular weight is 306 g/mol. The smallest absolute Gasteiger partial charge is 0.261 e. The van der Waals surface area contributed by atoms with Crippen molar-refractivity contribution >= 4 is 5.91 Å². The lowest BCUT2D eigenvalue weighted by Gasteiger charge is -2.25. The SMILES string of the molecule is N#Cc1ccccc1OCC(=O)N1CCC[C@@H]1c1ccccc1. The summed E-state index contributed by atoms with van der Waals surface area (Å²) in [4.78, 5) is 14.4. The van der Waals surface area contributed by atoms with E-state index in [1.807, 2.05) is 23.1 Å². The maximum atomic E-state index is 12.5. The molecule has 0 aliphatic carbocycles. The largest absolute Gasteiger partial charge is 0.482 e. The quantitative estimate of drug-likeness (QED) is 0.871. The Hall–Kier alpha value is -2.80. The molecule has 1 amide bonds. The van der Waals surface area contributed by atoms with Crippen LogP contribution in [0.3, 0.4) is 0 Å². The van der Waals surface area contributed by atoms with Gasteiger partial charge in [-0.2, -0.15) is 5.26 Å². The Labute approximate surface area is 135 Å². The fraction of sp³-hybridized carbons (Fsp3) is 0.263. The number of hydrogen-bond donors (Lipinski definition) is 0. The van der Waals surface area contributed by atoms with E-state index in [1.165, 1.54) is 0 Å². The highest BCUT2D eigenvalue weighted by molar-refractivity contribution is 5.78. The van der Waals surface area contributed by atoms with Crippen molar-refractivity contribution in [2.75, 3.05) is 13.2 Å². The van der Waals surface area contributed by atoms with Crippen LogP contribution in [0.5, 0.6) is 5.75 Å². The lowest BCUT2D eigenvalue weighted by Crippen LogP contribution is -2.34. The van der Waals surface area contributed by atoms with Crippen molar-refractivity contribution in [3.63, 3.8) is 0 Å². The number of ether oxygens (including phenoxy) is 1. The first kappa shape index (κ1) is 15.1. The molecule has 116 valence electrons. The standard InChI is InChI=1S/C19H18N2O2/c20-13-16-9-4-5-11-18(16)23-14-19(22)21-12-6-10-17(21)15-7-2-1-3-8-15/h1-5,7-9,11,17H,6,10,12,14H2/t17-/m1/s1. The number of benzene rings is 2. The molecule has 0 N–H and O–H groups in total. The Morgan fingerprint density at radius 3 is 2.70 bits per heavy atom. The molecule has 0 spiro atoms. The number of amides is 1. The third-order valence-electron chi connectivity index (χ3n) is 4.12. The highest BCUT2D eigenvalue weighted by atomic mass is 16.5. The second-order valence-electron chi connectivity index (χ2n) is 5.55. The van der Waals surface area contributed by atoms with Crippen molar-refractivity contribution in [2.24, 2.45) is 0 Å². The fourth-order valence-corrected chi connectivity index (χ4v) is 2.99. The topological polar surface area (TPSA) is 53.3 Å². The van der Waals surface area contributed by atoms with Crippen LogP contribution in [0, 0.1) is 11.3 Å². The van der Waals surface area contributed by atoms with Crippen LogP contribution in [-0.4, -0.2) is 24.0 Å². The van der Waals surface area contributed by atoms with Crippen LogP contribution < -0.4 is 4.74 Å². The fourth-order valence-electron chi connectivity index (χ4n) is 2.99. The number of carbonyl (C=O) groups is 1. The molecule has 1 heterocycles. The van der Waals surface area contributed by atoms with Gasteiger partial charge in [0.1, 0.15) is 11.8 Å². The number of likely N-dealkylation sites (tertiary alicyclic amines) is 1. The monoisotopic (exact) mass is 306 g/mol. The number of rotatable bonds is 4. The molecule has 0 bridgehead atoms. The van der Waals surface area contributed by atoms with Crippen LogP contribution in [-0.2, 0) is 4.79 Å². The van der Waals surface area contributed by atoms with Crippen molar-refractivity contribution in [2.45, 2.75) is 18.9 Å². The molecular weight excluding hydrogens is 288 g/mol. The predicted molar refractivity (Wildman–Crippen MR) is 86.8 cm³/mol. The summed E-state index contributed by atoms with van der Waals surface area (Å²) < 4.78 is 5.57. The Kier molecular flexibility index (Phi) is 4.58. The summed E-state index contributed by atoms with van der Waals surface area (Å²) in [5.41, 5.74) is 1.61. The van der Waals surface area contributed by atoms with Gasteiger partial charge in [-0.1, -0.05) is 42.5 Å². The number of hydrogen-bond acceptors (Lipinski definition) is 3. The normalized spacial score (nSPS) is 16.8. The minimum atomic E-state index is -0.0397. The first-order chi connectivity index (χ1) is 11.3. The highest BCUT2D eigenvalue weighted by Crippen LogP contribution is 2.31. The van der Waals surface area contributed by atoms with Gasteiger partial charge in [-0.05, 0) is 30.5 Å². The summed E-state index contributed by atoms with van der Waals surface area (Å²) in [5.74, 6) is 0.419. The van der Waals surface area contributed by atoms with Crippen molar-refractivity contribution in [3.8, 4) is 11.8 Å². The number of nitrogens with zero attached hydrogens (tertiary/aromatic N) is 2. The Morgan fingerprint density at radius 2 is 1.91 bits per heavy atom. The van der Waals surface area contributed by atoms with Crippen molar-refractivity contribution < 1.29 is 9.53 Å². The zero-order chi connectivity index (χ0) is 16.1. The maximum absolute atomic E-state index is 12.5. The number of carbonyl (C=O) groups excluding carboxylic acids is 1. The van der Waals surface area contributed by atoms with E-state index >= 15 is 0 Å². The van der Waals surface area contributed by atoms with E-state index in [0.29, 0.717) is 11.3 Å². The van der Waals surface area contributed by atoms with Crippen LogP contribution in [0.2, 0.25) is 0 Å². The summed E-state index contributed by atoms with van der Waals surface area (Å²) in [6.45, 7) is 0.712. The van der Waals surface area contributed by atoms with Gasteiger partial charge in [0.15, 0.2) is 6.61 Å². The van der Waals surface area contributed by atoms with Gasteiger partial charge in [0, 0.05) is 6.54 Å². The van der Waals surface area contributed by atoms with Gasteiger partial charge in [-0.25, -0.2) is 0 Å². The van der Waals surface area contributed by atoms with Crippen LogP contribution in [0.15, 0.2) is 54.6 Å². The van der Waals surface area contributed by atoms with Gasteiger partial charge in [0.05, 0.1) is 11.6 Å². The highest BCUT2D eigenvalue weighted by Gasteiger charge is 2.29. The molecule has 4 heteroatoms. The van der Waals surface area contributed by atoms with E-state index in [2.05, 4.69) is 18.2 Å². The van der Waals surface area contributed by atoms with Gasteiger partial charge < -0.3 is 9.64 Å². The van der Waals surface area contributed by atoms with Crippen molar-refractivity contribution in [1.29, 1.82) is 5.26 Å². The Bertz CT molecular complexity index is 722. The van der Waals surface area contributed by atoms with Gasteiger partial charge in [-0.3, -0.25) is 4.79 Å². The molecule has 4 nitrogen and oxygen atoms in total. The Balaban J connectivity index is 1.67. The molecule has 0 aromatic heterocycles. The van der Waals surface area contributed by atoms with Gasteiger partial charge >= 0.3 is 0 Å². The summed E-state index contributed by atoms with van der Waals surface area (Å²) in [6, 6.07) is 19.3. The molecule has 2 aromatic carbocycles. The molecule has 2 aromatic rings. The van der Waals surface area contributed by atoms with Crippen LogP contribution in [0.1, 0.15) is 30.0 Å². The second-order valence-corrected chi connectivity index (χ2v) is 5.55. The lowest BCUT2D eigenvalue weighted by atomic mass is 10.0. The molecule has 0 unspecified atom stereocenters. The molecule has 1 fully saturated rings. The van der Waals surface area contributed by atoms with Gasteiger partial charge in [0.2, 0.25) is 0 Å². The molecule has 0 saturated carbocycles. The van der Waals surface area contributed by atoms with E-state index < -0.39 is 0 Å². The summed E-state index contributed by atoms with van der Waals surface area (Å²) in [5, 5.41) is 9.06. The molecule has 1 saturated heterocycles. The van der Waals surface area contributed by atoms with Crippen LogP contribution in [0.4, 0.5) is 0 Å². The van der Waals surface area contributed by atoms with E-state index in [9.17, 15) is 4.79 Å². The molecular formula is C19H18N2O2. The first-order valence-corrected chi connectivity index (χ1v) is 7.76. The van der Waals surface area contributed by atoms with Crippen molar-refractivity contribution in [1.82, 2.24) is 4.90 Å². The van der Waals surface area contributed by atoms with Crippen LogP contribution >= 0.6 is 0 Å². The van der Waals surface area contributed by atoms with Gasteiger partial charge in [-0.15, -0.1) is 0 Å². The summed E-state index contributed by atoms with van der Waals surface area (Å²) in [7, 11) is 0. The second kappa shape index (κ2) is 6.97. The van der Waals surface area contributed by atoms with E-state index in [0.717, 1.165) is 24.9 Å². The molecule has 3 rings (SSSR count). The minimum absolute atomic E-state index is 0.0379. The molecule has 1 aliphatic rings. The Morgan fingerprint density at radius 1 is 1.17 bits per heavy atom.